The molecule has 1 saturated heterocycles. The van der Waals surface area contributed by atoms with Crippen LogP contribution in [0.2, 0.25) is 0 Å². The zero-order valence-electron chi connectivity index (χ0n) is 12.7. The van der Waals surface area contributed by atoms with E-state index in [2.05, 4.69) is 10.2 Å². The molecular weight excluding hydrogens is 264 g/mol. The summed E-state index contributed by atoms with van der Waals surface area (Å²) in [5.41, 5.74) is 0.763. The lowest BCUT2D eigenvalue weighted by Crippen LogP contribution is -2.46. The lowest BCUT2D eigenvalue weighted by atomic mass is 10.0. The van der Waals surface area contributed by atoms with Gasteiger partial charge in [0.25, 0.3) is 5.91 Å². The van der Waals surface area contributed by atoms with E-state index < -0.39 is 0 Å². The van der Waals surface area contributed by atoms with Crippen LogP contribution in [0.15, 0.2) is 24.3 Å². The molecule has 1 aliphatic heterocycles. The number of ether oxygens (including phenoxy) is 1. The molecule has 114 valence electrons. The number of nitrogens with one attached hydrogen (secondary N) is 1. The highest BCUT2D eigenvalue weighted by Crippen LogP contribution is 2.29. The van der Waals surface area contributed by atoms with Crippen LogP contribution in [0.4, 0.5) is 0 Å². The van der Waals surface area contributed by atoms with Gasteiger partial charge in [0.1, 0.15) is 5.75 Å². The second kappa shape index (κ2) is 6.48. The van der Waals surface area contributed by atoms with Crippen molar-refractivity contribution in [2.45, 2.75) is 44.2 Å². The standard InChI is InChI=1S/C17H24N2O2/c1-21-16-9-5-13(6-10-16)17(20)19(15-7-8-15)12-14-4-2-3-11-18-14/h5-6,9-10,14-15,18H,2-4,7-8,11-12H2,1H3. The van der Waals surface area contributed by atoms with Crippen LogP contribution in [-0.4, -0.2) is 43.1 Å². The van der Waals surface area contributed by atoms with Crippen LogP contribution in [0.5, 0.6) is 5.75 Å². The highest BCUT2D eigenvalue weighted by Gasteiger charge is 2.34. The van der Waals surface area contributed by atoms with Crippen LogP contribution < -0.4 is 10.1 Å². The Kier molecular flexibility index (Phi) is 4.44. The number of carbonyl (C=O) groups excluding carboxylic acids is 1. The Morgan fingerprint density at radius 2 is 2.00 bits per heavy atom. The van der Waals surface area contributed by atoms with Crippen LogP contribution in [0, 0.1) is 0 Å². The van der Waals surface area contributed by atoms with Gasteiger partial charge in [0.2, 0.25) is 0 Å². The number of amides is 1. The highest BCUT2D eigenvalue weighted by molar-refractivity contribution is 5.94. The summed E-state index contributed by atoms with van der Waals surface area (Å²) in [6.07, 6.45) is 6.00. The maximum Gasteiger partial charge on any atom is 0.254 e. The highest BCUT2D eigenvalue weighted by atomic mass is 16.5. The van der Waals surface area contributed by atoms with Crippen molar-refractivity contribution in [3.05, 3.63) is 29.8 Å². The van der Waals surface area contributed by atoms with Gasteiger partial charge in [0, 0.05) is 24.2 Å². The molecule has 1 unspecified atom stereocenters. The summed E-state index contributed by atoms with van der Waals surface area (Å²) in [7, 11) is 1.64. The van der Waals surface area contributed by atoms with Crippen molar-refractivity contribution >= 4 is 5.91 Å². The zero-order chi connectivity index (χ0) is 14.7. The molecule has 1 N–H and O–H groups in total. The first-order valence-corrected chi connectivity index (χ1v) is 7.96. The smallest absolute Gasteiger partial charge is 0.254 e. The first-order valence-electron chi connectivity index (χ1n) is 7.96. The predicted molar refractivity (Wildman–Crippen MR) is 82.7 cm³/mol. The molecule has 2 aliphatic rings. The molecule has 0 aromatic heterocycles. The maximum atomic E-state index is 12.8. The summed E-state index contributed by atoms with van der Waals surface area (Å²) < 4.78 is 5.16. The second-order valence-corrected chi connectivity index (χ2v) is 6.06. The van der Waals surface area contributed by atoms with Gasteiger partial charge in [-0.15, -0.1) is 0 Å². The average Bonchev–Trinajstić information content (AvgIpc) is 3.38. The molecular formula is C17H24N2O2. The summed E-state index contributed by atoms with van der Waals surface area (Å²) in [6, 6.07) is 8.36. The largest absolute Gasteiger partial charge is 0.497 e. The van der Waals surface area contributed by atoms with Crippen LogP contribution >= 0.6 is 0 Å². The van der Waals surface area contributed by atoms with Gasteiger partial charge in [-0.1, -0.05) is 6.42 Å². The van der Waals surface area contributed by atoms with Gasteiger partial charge in [-0.05, 0) is 56.5 Å². The lowest BCUT2D eigenvalue weighted by Gasteiger charge is -2.31. The van der Waals surface area contributed by atoms with Gasteiger partial charge in [0.05, 0.1) is 7.11 Å². The predicted octanol–water partition coefficient (Wildman–Crippen LogP) is 2.44. The minimum Gasteiger partial charge on any atom is -0.497 e. The topological polar surface area (TPSA) is 41.6 Å². The summed E-state index contributed by atoms with van der Waals surface area (Å²) in [5.74, 6) is 0.950. The Hall–Kier alpha value is -1.55. The van der Waals surface area contributed by atoms with Crippen LogP contribution in [0.1, 0.15) is 42.5 Å². The van der Waals surface area contributed by atoms with E-state index in [0.29, 0.717) is 12.1 Å². The van der Waals surface area contributed by atoms with Crippen molar-refractivity contribution in [3.8, 4) is 5.75 Å². The number of piperidine rings is 1. The number of methoxy groups -OCH3 is 1. The molecule has 1 heterocycles. The zero-order valence-corrected chi connectivity index (χ0v) is 12.7. The van der Waals surface area contributed by atoms with Crippen LogP contribution in [-0.2, 0) is 0 Å². The molecule has 4 heteroatoms. The van der Waals surface area contributed by atoms with E-state index in [1.165, 1.54) is 19.3 Å². The SMILES string of the molecule is COc1ccc(C(=O)N(CC2CCCCN2)C2CC2)cc1. The Morgan fingerprint density at radius 3 is 2.57 bits per heavy atom. The molecule has 1 atom stereocenters. The van der Waals surface area contributed by atoms with Gasteiger partial charge in [-0.2, -0.15) is 0 Å². The third kappa shape index (κ3) is 3.56. The molecule has 21 heavy (non-hydrogen) atoms. The molecule has 0 spiro atoms. The molecule has 0 bridgehead atoms. The van der Waals surface area contributed by atoms with Gasteiger partial charge < -0.3 is 15.0 Å². The van der Waals surface area contributed by atoms with E-state index >= 15 is 0 Å². The van der Waals surface area contributed by atoms with Crippen molar-refractivity contribution in [2.75, 3.05) is 20.2 Å². The fourth-order valence-electron chi connectivity index (χ4n) is 3.00. The summed E-state index contributed by atoms with van der Waals surface area (Å²) in [5, 5.41) is 3.54. The van der Waals surface area contributed by atoms with Crippen molar-refractivity contribution in [3.63, 3.8) is 0 Å². The number of benzene rings is 1. The number of hydrogen-bond donors (Lipinski definition) is 1. The third-order valence-corrected chi connectivity index (χ3v) is 4.41. The molecule has 1 saturated carbocycles. The van der Waals surface area contributed by atoms with Gasteiger partial charge >= 0.3 is 0 Å². The normalized spacial score (nSPS) is 21.9. The fraction of sp³-hybridized carbons (Fsp3) is 0.588. The summed E-state index contributed by atoms with van der Waals surface area (Å²) in [6.45, 7) is 1.93. The van der Waals surface area contributed by atoms with Crippen molar-refractivity contribution in [1.82, 2.24) is 10.2 Å². The molecule has 2 fully saturated rings. The van der Waals surface area contributed by atoms with E-state index in [9.17, 15) is 4.79 Å². The maximum absolute atomic E-state index is 12.8. The van der Waals surface area contributed by atoms with E-state index in [4.69, 9.17) is 4.74 Å². The number of carbonyl (C=O) groups is 1. The second-order valence-electron chi connectivity index (χ2n) is 6.06. The Bertz CT molecular complexity index is 476. The monoisotopic (exact) mass is 288 g/mol. The average molecular weight is 288 g/mol. The minimum absolute atomic E-state index is 0.160. The van der Waals surface area contributed by atoms with E-state index in [0.717, 1.165) is 37.2 Å². The van der Waals surface area contributed by atoms with Crippen LogP contribution in [0.25, 0.3) is 0 Å². The third-order valence-electron chi connectivity index (χ3n) is 4.41. The molecule has 1 amide bonds. The molecule has 0 radical (unpaired) electrons. The quantitative estimate of drug-likeness (QED) is 0.905. The van der Waals surface area contributed by atoms with Crippen LogP contribution in [0.3, 0.4) is 0 Å². The molecule has 4 nitrogen and oxygen atoms in total. The molecule has 3 rings (SSSR count). The van der Waals surface area contributed by atoms with Crippen molar-refractivity contribution < 1.29 is 9.53 Å². The number of nitrogens with zero attached hydrogens (tertiary/aromatic N) is 1. The lowest BCUT2D eigenvalue weighted by molar-refractivity contribution is 0.0718. The Labute approximate surface area is 126 Å². The van der Waals surface area contributed by atoms with Gasteiger partial charge in [-0.3, -0.25) is 4.79 Å². The Balaban J connectivity index is 1.68. The first kappa shape index (κ1) is 14.4. The molecule has 1 aliphatic carbocycles. The fourth-order valence-corrected chi connectivity index (χ4v) is 3.00. The van der Waals surface area contributed by atoms with E-state index in [1.54, 1.807) is 7.11 Å². The first-order chi connectivity index (χ1) is 10.3. The van der Waals surface area contributed by atoms with E-state index in [1.807, 2.05) is 24.3 Å². The van der Waals surface area contributed by atoms with Gasteiger partial charge in [-0.25, -0.2) is 0 Å². The molecule has 1 aromatic carbocycles. The number of rotatable bonds is 5. The van der Waals surface area contributed by atoms with Crippen molar-refractivity contribution in [2.24, 2.45) is 0 Å². The minimum atomic E-state index is 0.160. The van der Waals surface area contributed by atoms with Crippen molar-refractivity contribution in [1.29, 1.82) is 0 Å². The number of hydrogen-bond acceptors (Lipinski definition) is 3. The summed E-state index contributed by atoms with van der Waals surface area (Å²) >= 11 is 0. The summed E-state index contributed by atoms with van der Waals surface area (Å²) in [4.78, 5) is 14.8. The molecule has 1 aromatic rings. The van der Waals surface area contributed by atoms with E-state index in [-0.39, 0.29) is 5.91 Å². The Morgan fingerprint density at radius 1 is 1.24 bits per heavy atom. The van der Waals surface area contributed by atoms with Gasteiger partial charge in [0.15, 0.2) is 0 Å².